The fourth-order valence-electron chi connectivity index (χ4n) is 6.09. The molecule has 0 bridgehead atoms. The molecule has 62 heavy (non-hydrogen) atoms. The third kappa shape index (κ3) is 21.6. The Morgan fingerprint density at radius 3 is 1.16 bits per heavy atom. The van der Waals surface area contributed by atoms with Gasteiger partial charge in [-0.2, -0.15) is 11.8 Å². The molecule has 20 heteroatoms. The summed E-state index contributed by atoms with van der Waals surface area (Å²) in [6.45, 7) is 22.1. The lowest BCUT2D eigenvalue weighted by Gasteiger charge is -2.29. The number of amides is 8. The van der Waals surface area contributed by atoms with Gasteiger partial charge in [-0.3, -0.25) is 38.4 Å². The number of aliphatic carboxylic acids is 1. The number of carbonyl (C=O) groups excluding carboxylic acids is 8. The number of hydrogen-bond donors (Lipinski definition) is 10. The highest BCUT2D eigenvalue weighted by Crippen LogP contribution is 2.13. The SMILES string of the molecule is CSCC[C@H](NC(=O)[C@H](CC(C)C)NC(=O)[C@@H](NC(=O)[C@H](CC(C)C)NC(=O)[C@H](C)NC(=O)[C@@H](NC(=O)[C@H](C)NC(=O)[C@H](C)N)C(C)C)C(C)C)C(=O)N[C@@H](CC(C)C)C(=O)O. The van der Waals surface area contributed by atoms with Crippen LogP contribution in [0.3, 0.4) is 0 Å². The first-order valence-corrected chi connectivity index (χ1v) is 22.9. The molecule has 19 nitrogen and oxygen atoms in total. The third-order valence-electron chi connectivity index (χ3n) is 9.66. The largest absolute Gasteiger partial charge is 0.480 e. The van der Waals surface area contributed by atoms with Crippen LogP contribution in [-0.2, 0) is 43.2 Å². The molecule has 0 aliphatic carbocycles. The van der Waals surface area contributed by atoms with Crippen LogP contribution in [0.15, 0.2) is 0 Å². The van der Waals surface area contributed by atoms with Crippen molar-refractivity contribution in [2.75, 3.05) is 12.0 Å². The minimum absolute atomic E-state index is 0.0202. The first-order valence-electron chi connectivity index (χ1n) is 21.5. The minimum Gasteiger partial charge on any atom is -0.480 e. The number of nitrogens with one attached hydrogen (secondary N) is 8. The molecule has 8 amide bonds. The van der Waals surface area contributed by atoms with Crippen molar-refractivity contribution in [1.82, 2.24) is 42.5 Å². The van der Waals surface area contributed by atoms with E-state index < -0.39 is 119 Å². The van der Waals surface area contributed by atoms with Gasteiger partial charge in [0.1, 0.15) is 48.3 Å². The lowest BCUT2D eigenvalue weighted by Crippen LogP contribution is -2.61. The number of carbonyl (C=O) groups is 9. The normalized spacial score (nSPS) is 15.9. The Morgan fingerprint density at radius 2 is 0.758 bits per heavy atom. The number of hydrogen-bond acceptors (Lipinski definition) is 11. The van der Waals surface area contributed by atoms with Crippen molar-refractivity contribution in [3.05, 3.63) is 0 Å². The zero-order chi connectivity index (χ0) is 48.2. The van der Waals surface area contributed by atoms with Crippen LogP contribution >= 0.6 is 11.8 Å². The summed E-state index contributed by atoms with van der Waals surface area (Å²) >= 11 is 1.44. The van der Waals surface area contributed by atoms with Gasteiger partial charge in [0.05, 0.1) is 6.04 Å². The number of carboxylic acid groups (broad SMARTS) is 1. The summed E-state index contributed by atoms with van der Waals surface area (Å²) in [7, 11) is 0. The highest BCUT2D eigenvalue weighted by atomic mass is 32.2. The molecule has 356 valence electrons. The smallest absolute Gasteiger partial charge is 0.326 e. The fourth-order valence-corrected chi connectivity index (χ4v) is 6.56. The third-order valence-corrected chi connectivity index (χ3v) is 10.3. The summed E-state index contributed by atoms with van der Waals surface area (Å²) in [5, 5.41) is 30.7. The molecule has 0 radical (unpaired) electrons. The van der Waals surface area contributed by atoms with E-state index >= 15 is 0 Å². The number of nitrogens with two attached hydrogens (primary N) is 1. The van der Waals surface area contributed by atoms with Crippen LogP contribution in [0.25, 0.3) is 0 Å². The Morgan fingerprint density at radius 1 is 0.435 bits per heavy atom. The highest BCUT2D eigenvalue weighted by molar-refractivity contribution is 7.98. The van der Waals surface area contributed by atoms with Gasteiger partial charge in [-0.1, -0.05) is 69.2 Å². The Hall–Kier alpha value is -4.46. The van der Waals surface area contributed by atoms with Crippen LogP contribution in [0, 0.1) is 29.6 Å². The fraction of sp³-hybridized carbons (Fsp3) is 0.786. The summed E-state index contributed by atoms with van der Waals surface area (Å²) in [5.74, 6) is -7.04. The van der Waals surface area contributed by atoms with Gasteiger partial charge in [-0.05, 0) is 88.1 Å². The van der Waals surface area contributed by atoms with E-state index in [4.69, 9.17) is 5.73 Å². The van der Waals surface area contributed by atoms with E-state index in [1.807, 2.05) is 47.8 Å². The Bertz CT molecular complexity index is 1520. The van der Waals surface area contributed by atoms with Crippen molar-refractivity contribution in [2.45, 2.75) is 170 Å². The maximum Gasteiger partial charge on any atom is 0.326 e. The molecular weight excluding hydrogens is 823 g/mol. The summed E-state index contributed by atoms with van der Waals surface area (Å²) in [4.78, 5) is 118. The summed E-state index contributed by atoms with van der Waals surface area (Å²) in [5.41, 5.74) is 5.57. The van der Waals surface area contributed by atoms with E-state index in [1.54, 1.807) is 27.7 Å². The van der Waals surface area contributed by atoms with Crippen LogP contribution in [0.5, 0.6) is 0 Å². The van der Waals surface area contributed by atoms with Gasteiger partial charge in [-0.15, -0.1) is 0 Å². The van der Waals surface area contributed by atoms with Gasteiger partial charge < -0.3 is 53.4 Å². The average molecular weight is 900 g/mol. The molecule has 0 aromatic carbocycles. The molecule has 0 fully saturated rings. The predicted octanol–water partition coefficient (Wildman–Crippen LogP) is 0.540. The van der Waals surface area contributed by atoms with E-state index in [2.05, 4.69) is 42.5 Å². The molecule has 0 saturated carbocycles. The minimum atomic E-state index is -1.19. The average Bonchev–Trinajstić information content (AvgIpc) is 3.14. The Kier molecular flexibility index (Phi) is 26.2. The molecule has 0 spiro atoms. The van der Waals surface area contributed by atoms with E-state index in [0.717, 1.165) is 0 Å². The maximum absolute atomic E-state index is 13.9. The first kappa shape index (κ1) is 57.5. The topological polar surface area (TPSA) is 296 Å². The Balaban J connectivity index is 6.12. The van der Waals surface area contributed by atoms with Crippen molar-refractivity contribution in [1.29, 1.82) is 0 Å². The molecule has 0 aromatic rings. The zero-order valence-electron chi connectivity index (χ0n) is 39.2. The van der Waals surface area contributed by atoms with Crippen molar-refractivity contribution < 1.29 is 48.3 Å². The quantitative estimate of drug-likeness (QED) is 0.0515. The number of rotatable bonds is 28. The number of carboxylic acids is 1. The van der Waals surface area contributed by atoms with Crippen LogP contribution in [0.1, 0.15) is 116 Å². The Labute approximate surface area is 372 Å². The standard InChI is InChI=1S/C42H77N9O10S/c1-20(2)17-29(38(56)46-28(15-16-62-14)37(55)49-31(42(60)61)19-22(5)6)48-41(59)33(24(9)10)51-39(57)30(18-21(3)4)47-35(53)26(12)45-40(58)32(23(7)8)50-36(54)27(13)44-34(52)25(11)43/h20-33H,15-19,43H2,1-14H3,(H,44,52)(H,45,58)(H,46,56)(H,47,53)(H,48,59)(H,49,55)(H,50,54)(H,51,57)(H,60,61)/t25-,26-,27-,28-,29-,30-,31-,32-,33-/m0/s1. The second-order valence-corrected chi connectivity index (χ2v) is 18.9. The molecule has 0 saturated heterocycles. The van der Waals surface area contributed by atoms with Crippen molar-refractivity contribution in [2.24, 2.45) is 35.3 Å². The van der Waals surface area contributed by atoms with E-state index in [-0.39, 0.29) is 43.4 Å². The van der Waals surface area contributed by atoms with E-state index in [0.29, 0.717) is 5.75 Å². The van der Waals surface area contributed by atoms with Crippen molar-refractivity contribution in [3.63, 3.8) is 0 Å². The number of thioether (sulfide) groups is 1. The van der Waals surface area contributed by atoms with Gasteiger partial charge >= 0.3 is 5.97 Å². The molecular formula is C42H77N9O10S. The van der Waals surface area contributed by atoms with Gasteiger partial charge in [0.2, 0.25) is 47.3 Å². The maximum atomic E-state index is 13.9. The van der Waals surface area contributed by atoms with E-state index in [1.165, 1.54) is 32.5 Å². The molecule has 9 atom stereocenters. The molecule has 0 aromatic heterocycles. The lowest BCUT2D eigenvalue weighted by molar-refractivity contribution is -0.143. The first-order chi connectivity index (χ1) is 28.6. The van der Waals surface area contributed by atoms with Crippen molar-refractivity contribution in [3.8, 4) is 0 Å². The predicted molar refractivity (Wildman–Crippen MR) is 239 cm³/mol. The van der Waals surface area contributed by atoms with Crippen LogP contribution in [0.2, 0.25) is 0 Å². The van der Waals surface area contributed by atoms with Crippen LogP contribution in [0.4, 0.5) is 0 Å². The monoisotopic (exact) mass is 900 g/mol. The molecule has 11 N–H and O–H groups in total. The van der Waals surface area contributed by atoms with Gasteiger partial charge in [0.25, 0.3) is 0 Å². The summed E-state index contributed by atoms with van der Waals surface area (Å²) < 4.78 is 0. The van der Waals surface area contributed by atoms with Crippen molar-refractivity contribution >= 4 is 65.0 Å². The van der Waals surface area contributed by atoms with Crippen LogP contribution < -0.4 is 48.3 Å². The van der Waals surface area contributed by atoms with Gasteiger partial charge in [-0.25, -0.2) is 4.79 Å². The molecule has 0 unspecified atom stereocenters. The second kappa shape index (κ2) is 28.3. The molecule has 0 aliphatic heterocycles. The van der Waals surface area contributed by atoms with Gasteiger partial charge in [0.15, 0.2) is 0 Å². The molecule has 0 heterocycles. The molecule has 0 rings (SSSR count). The van der Waals surface area contributed by atoms with Crippen LogP contribution in [-0.4, -0.2) is 125 Å². The van der Waals surface area contributed by atoms with E-state index in [9.17, 15) is 48.3 Å². The molecule has 0 aliphatic rings. The zero-order valence-corrected chi connectivity index (χ0v) is 40.0. The summed E-state index contributed by atoms with van der Waals surface area (Å²) in [6.07, 6.45) is 2.57. The van der Waals surface area contributed by atoms with Gasteiger partial charge in [0, 0.05) is 0 Å². The summed E-state index contributed by atoms with van der Waals surface area (Å²) in [6, 6.07) is -9.74. The highest BCUT2D eigenvalue weighted by Gasteiger charge is 2.35. The second-order valence-electron chi connectivity index (χ2n) is 18.0. The lowest BCUT2D eigenvalue weighted by atomic mass is 9.98.